The number of aliphatic hydroxyl groups excluding tert-OH is 1. The molecule has 0 spiro atoms. The Morgan fingerprint density at radius 2 is 1.02 bits per heavy atom. The van der Waals surface area contributed by atoms with Crippen LogP contribution in [0.1, 0.15) is 48.8 Å². The zero-order chi connectivity index (χ0) is 37.3. The molecule has 0 aliphatic carbocycles. The Hall–Kier alpha value is -2.51. The maximum atomic E-state index is 11.7. The normalized spacial score (nSPS) is 10.5. The van der Waals surface area contributed by atoms with Gasteiger partial charge in [-0.05, 0) is 30.5 Å². The van der Waals surface area contributed by atoms with Crippen molar-refractivity contribution >= 4 is 33.8 Å². The van der Waals surface area contributed by atoms with Crippen molar-refractivity contribution in [1.29, 1.82) is 0 Å². The fraction of sp³-hybridized carbons (Fsp3) is 0.270. The summed E-state index contributed by atoms with van der Waals surface area (Å²) in [7, 11) is 0. The number of hydrogen-bond acceptors (Lipinski definition) is 10. The van der Waals surface area contributed by atoms with Gasteiger partial charge in [0.05, 0.1) is 26.4 Å². The summed E-state index contributed by atoms with van der Waals surface area (Å²) in [5.41, 5.74) is 1.99. The number of carbonyl (C=O) groups excluding carboxylic acids is 2. The molecule has 3 N–H and O–H groups in total. The predicted molar refractivity (Wildman–Crippen MR) is 190 cm³/mol. The maximum absolute atomic E-state index is 11.7. The molecule has 3 rings (SSSR count). The van der Waals surface area contributed by atoms with Crippen LogP contribution in [-0.4, -0.2) is 65.4 Å². The SMILES string of the molecule is C=CCBr.C=CCO[C@@H](C(=O)O)c1ccccc1.C=CCO[C@@H](C(=O)OCC)c1ccccc1.CCOC(=O)[C@H](O)c1ccccc1.[Ag].[Li+].[OH-].[O]=[Ag]. The van der Waals surface area contributed by atoms with Gasteiger partial charge in [0, 0.05) is 27.7 Å². The Bertz CT molecular complexity index is 1330. The van der Waals surface area contributed by atoms with E-state index in [0.29, 0.717) is 24.3 Å². The average Bonchev–Trinajstić information content (AvgIpc) is 3.14. The summed E-state index contributed by atoms with van der Waals surface area (Å²) >= 11 is 4.83. The van der Waals surface area contributed by atoms with Gasteiger partial charge >= 0.3 is 61.1 Å². The number of halogens is 1. The monoisotopic (exact) mass is 966 g/mol. The van der Waals surface area contributed by atoms with Gasteiger partial charge in [-0.1, -0.05) is 125 Å². The summed E-state index contributed by atoms with van der Waals surface area (Å²) in [6.45, 7) is 15.1. The standard InChI is InChI=1S/C13H16O3.C11H12O3.C10H12O3.C3H5Br.2Ag.Li.H2O.O/c1-3-10-16-12(13(14)15-4-2)11-8-6-5-7-9-11;1-2-8-14-10(11(12)13)9-6-4-3-5-7-9;1-2-13-10(12)9(11)8-6-4-3-5-7-8;1-2-3-4;;;;;/h3,5-9,12H,1,4,10H2,2H3;2-7,10H,1,8H2,(H,12,13);3-7,9,11H,2H2,1H3;2H,1,3H2;;;;1H2;/q;;;;;;+1;;/p-1/t12-;10-;9-;;;;;;/m111....../s1. The Morgan fingerprint density at radius 1 is 0.692 bits per heavy atom. The second-order valence-corrected chi connectivity index (χ2v) is 9.57. The number of allylic oxidation sites excluding steroid dienone is 1. The van der Waals surface area contributed by atoms with E-state index in [1.165, 1.54) is 6.08 Å². The van der Waals surface area contributed by atoms with Crippen LogP contribution in [0.5, 0.6) is 0 Å². The third-order valence-corrected chi connectivity index (χ3v) is 5.88. The molecule has 3 aromatic carbocycles. The number of aliphatic carboxylic acids is 1. The van der Waals surface area contributed by atoms with Crippen LogP contribution in [0.2, 0.25) is 0 Å². The van der Waals surface area contributed by atoms with Crippen LogP contribution in [0.25, 0.3) is 0 Å². The van der Waals surface area contributed by atoms with E-state index < -0.39 is 30.3 Å². The molecule has 290 valence electrons. The van der Waals surface area contributed by atoms with Gasteiger partial charge in [-0.15, -0.1) is 19.7 Å². The molecule has 0 unspecified atom stereocenters. The first-order chi connectivity index (χ1) is 23.7. The van der Waals surface area contributed by atoms with Crippen LogP contribution in [-0.2, 0) is 80.0 Å². The summed E-state index contributed by atoms with van der Waals surface area (Å²) in [5, 5.41) is 19.2. The summed E-state index contributed by atoms with van der Waals surface area (Å²) in [6.07, 6.45) is 2.18. The van der Waals surface area contributed by atoms with E-state index in [4.69, 9.17) is 22.6 Å². The zero-order valence-electron chi connectivity index (χ0n) is 29.4. The van der Waals surface area contributed by atoms with Gasteiger partial charge in [0.2, 0.25) is 0 Å². The third kappa shape index (κ3) is 28.0. The molecule has 0 heterocycles. The number of carboxylic acids is 1. The topological polar surface area (TPSA) is 176 Å². The van der Waals surface area contributed by atoms with Gasteiger partial charge in [0.1, 0.15) is 0 Å². The Morgan fingerprint density at radius 3 is 1.35 bits per heavy atom. The predicted octanol–water partition coefficient (Wildman–Crippen LogP) is 4.06. The van der Waals surface area contributed by atoms with Crippen LogP contribution in [0.15, 0.2) is 129 Å². The van der Waals surface area contributed by atoms with Gasteiger partial charge in [-0.3, -0.25) is 0 Å². The quantitative estimate of drug-likeness (QED) is 0.0973. The number of esters is 2. The minimum absolute atomic E-state index is 0. The van der Waals surface area contributed by atoms with E-state index in [1.807, 2.05) is 42.5 Å². The van der Waals surface area contributed by atoms with E-state index in [-0.39, 0.29) is 65.9 Å². The molecule has 1 radical (unpaired) electrons. The number of benzene rings is 3. The number of rotatable bonds is 15. The number of alkyl halides is 1. The van der Waals surface area contributed by atoms with Gasteiger partial charge in [-0.25, -0.2) is 14.4 Å². The van der Waals surface area contributed by atoms with E-state index in [1.54, 1.807) is 95.6 Å². The van der Waals surface area contributed by atoms with Crippen molar-refractivity contribution in [3.63, 3.8) is 0 Å². The van der Waals surface area contributed by atoms with Crippen molar-refractivity contribution in [2.75, 3.05) is 31.8 Å². The number of carboxylic acid groups (broad SMARTS) is 1. The number of carbonyl (C=O) groups is 3. The molecule has 15 heteroatoms. The zero-order valence-corrected chi connectivity index (χ0v) is 33.9. The number of aliphatic hydroxyl groups is 1. The first kappa shape index (κ1) is 58.8. The molecule has 11 nitrogen and oxygen atoms in total. The fourth-order valence-corrected chi connectivity index (χ4v) is 3.41. The van der Waals surface area contributed by atoms with E-state index in [9.17, 15) is 19.5 Å². The molecular formula is C37H46Ag2BrLiO11. The summed E-state index contributed by atoms with van der Waals surface area (Å²) in [5.74, 6) is -1.96. The molecule has 0 bridgehead atoms. The molecular weight excluding hydrogens is 923 g/mol. The van der Waals surface area contributed by atoms with E-state index in [0.717, 1.165) is 10.9 Å². The second-order valence-electron chi connectivity index (χ2n) is 8.92. The molecule has 0 aliphatic heterocycles. The molecule has 0 saturated heterocycles. The first-order valence-corrected chi connectivity index (χ1v) is 16.6. The van der Waals surface area contributed by atoms with Crippen LogP contribution >= 0.6 is 15.9 Å². The molecule has 0 saturated carbocycles. The van der Waals surface area contributed by atoms with Gasteiger partial charge < -0.3 is 34.6 Å². The molecule has 0 fully saturated rings. The molecule has 3 aromatic rings. The number of ether oxygens (including phenoxy) is 4. The van der Waals surface area contributed by atoms with Crippen molar-refractivity contribution in [2.24, 2.45) is 0 Å². The van der Waals surface area contributed by atoms with Gasteiger partial charge in [0.25, 0.3) is 0 Å². The van der Waals surface area contributed by atoms with Gasteiger partial charge in [-0.2, -0.15) is 0 Å². The third-order valence-electron chi connectivity index (χ3n) is 5.43. The van der Waals surface area contributed by atoms with Crippen molar-refractivity contribution < 1.29 is 115 Å². The number of hydrogen-bond donors (Lipinski definition) is 2. The fourth-order valence-electron chi connectivity index (χ4n) is 3.41. The Kier molecular flexibility index (Phi) is 46.6. The van der Waals surface area contributed by atoms with Crippen molar-refractivity contribution in [1.82, 2.24) is 0 Å². The molecule has 0 aliphatic rings. The second kappa shape index (κ2) is 41.2. The van der Waals surface area contributed by atoms with Gasteiger partial charge in [0.15, 0.2) is 18.3 Å². The van der Waals surface area contributed by atoms with E-state index >= 15 is 0 Å². The molecule has 52 heavy (non-hydrogen) atoms. The summed E-state index contributed by atoms with van der Waals surface area (Å²) in [6, 6.07) is 26.8. The summed E-state index contributed by atoms with van der Waals surface area (Å²) in [4.78, 5) is 33.6. The van der Waals surface area contributed by atoms with Crippen LogP contribution in [0, 0.1) is 0 Å². The van der Waals surface area contributed by atoms with Crippen LogP contribution in [0.3, 0.4) is 0 Å². The molecule has 0 amide bonds. The average molecular weight is 969 g/mol. The van der Waals surface area contributed by atoms with Crippen LogP contribution < -0.4 is 18.9 Å². The minimum atomic E-state index is -1.17. The van der Waals surface area contributed by atoms with E-state index in [2.05, 4.69) is 40.4 Å². The van der Waals surface area contributed by atoms with Crippen LogP contribution in [0.4, 0.5) is 0 Å². The van der Waals surface area contributed by atoms with Crippen molar-refractivity contribution in [3.05, 3.63) is 146 Å². The Balaban J connectivity index is -0.000000192. The van der Waals surface area contributed by atoms with Crippen molar-refractivity contribution in [3.8, 4) is 0 Å². The molecule has 0 aromatic heterocycles. The summed E-state index contributed by atoms with van der Waals surface area (Å²) < 4.78 is 28.2. The molecule has 3 atom stereocenters. The van der Waals surface area contributed by atoms with Crippen molar-refractivity contribution in [2.45, 2.75) is 32.2 Å². The first-order valence-electron chi connectivity index (χ1n) is 14.8. The Labute approximate surface area is 355 Å².